The normalized spacial score (nSPS) is 14.8. The van der Waals surface area contributed by atoms with Gasteiger partial charge in [-0.2, -0.15) is 0 Å². The lowest BCUT2D eigenvalue weighted by atomic mass is 10.2. The fraction of sp³-hybridized carbons (Fsp3) is 0.167. The van der Waals surface area contributed by atoms with E-state index in [4.69, 9.17) is 9.47 Å². The minimum atomic E-state index is -0.892. The van der Waals surface area contributed by atoms with Gasteiger partial charge in [-0.3, -0.25) is 25.2 Å². The minimum absolute atomic E-state index is 0.0261. The van der Waals surface area contributed by atoms with Gasteiger partial charge in [0, 0.05) is 10.0 Å². The van der Waals surface area contributed by atoms with Gasteiger partial charge in [0.2, 0.25) is 6.10 Å². The van der Waals surface area contributed by atoms with Gasteiger partial charge in [0.25, 0.3) is 17.7 Å². The van der Waals surface area contributed by atoms with Crippen molar-refractivity contribution in [1.29, 1.82) is 0 Å². The fourth-order valence-corrected chi connectivity index (χ4v) is 2.70. The number of para-hydroxylation sites is 2. The van der Waals surface area contributed by atoms with Crippen molar-refractivity contribution in [3.8, 4) is 11.5 Å². The Kier molecular flexibility index (Phi) is 5.92. The van der Waals surface area contributed by atoms with Gasteiger partial charge < -0.3 is 14.8 Å². The highest BCUT2D eigenvalue weighted by atomic mass is 79.9. The number of fused-ring (bicyclic) bond motifs is 1. The predicted molar refractivity (Wildman–Crippen MR) is 99.1 cm³/mol. The van der Waals surface area contributed by atoms with Gasteiger partial charge in [-0.25, -0.2) is 0 Å². The van der Waals surface area contributed by atoms with E-state index in [1.807, 2.05) is 0 Å². The van der Waals surface area contributed by atoms with Gasteiger partial charge in [0.1, 0.15) is 6.61 Å². The Morgan fingerprint density at radius 3 is 2.59 bits per heavy atom. The van der Waals surface area contributed by atoms with Crippen LogP contribution in [0.5, 0.6) is 11.5 Å². The Morgan fingerprint density at radius 2 is 1.81 bits per heavy atom. The van der Waals surface area contributed by atoms with E-state index in [1.165, 1.54) is 0 Å². The second-order valence-corrected chi connectivity index (χ2v) is 6.51. The van der Waals surface area contributed by atoms with E-state index in [-0.39, 0.29) is 13.2 Å². The quantitative estimate of drug-likeness (QED) is 0.627. The van der Waals surface area contributed by atoms with Crippen LogP contribution in [0, 0.1) is 0 Å². The maximum absolute atomic E-state index is 12.1. The second kappa shape index (κ2) is 8.54. The summed E-state index contributed by atoms with van der Waals surface area (Å²) in [6.07, 6.45) is -0.892. The van der Waals surface area contributed by atoms with Crippen LogP contribution >= 0.6 is 15.9 Å². The number of benzene rings is 2. The molecular formula is C18H16BrN3O5. The number of carbonyl (C=O) groups excluding carboxylic acids is 3. The first-order chi connectivity index (χ1) is 13.0. The Morgan fingerprint density at radius 1 is 1.04 bits per heavy atom. The molecule has 27 heavy (non-hydrogen) atoms. The summed E-state index contributed by atoms with van der Waals surface area (Å²) in [5.41, 5.74) is 4.89. The van der Waals surface area contributed by atoms with Crippen molar-refractivity contribution in [2.24, 2.45) is 0 Å². The lowest BCUT2D eigenvalue weighted by Crippen LogP contribution is -2.52. The third-order valence-corrected chi connectivity index (χ3v) is 4.12. The molecule has 1 atom stereocenters. The highest BCUT2D eigenvalue weighted by molar-refractivity contribution is 9.10. The molecule has 0 saturated heterocycles. The summed E-state index contributed by atoms with van der Waals surface area (Å²) in [4.78, 5) is 35.9. The number of hydrogen-bond donors (Lipinski definition) is 3. The molecule has 0 fully saturated rings. The number of nitrogens with one attached hydrogen (secondary N) is 3. The third kappa shape index (κ3) is 4.98. The van der Waals surface area contributed by atoms with Crippen molar-refractivity contribution in [2.75, 3.05) is 13.2 Å². The zero-order valence-corrected chi connectivity index (χ0v) is 15.6. The van der Waals surface area contributed by atoms with Crippen LogP contribution in [0.2, 0.25) is 0 Å². The number of carbonyl (C=O) groups is 3. The monoisotopic (exact) mass is 433 g/mol. The van der Waals surface area contributed by atoms with E-state index in [9.17, 15) is 14.4 Å². The van der Waals surface area contributed by atoms with Crippen molar-refractivity contribution in [3.63, 3.8) is 0 Å². The Hall–Kier alpha value is -3.07. The minimum Gasteiger partial charge on any atom is -0.485 e. The Bertz CT molecular complexity index is 874. The van der Waals surface area contributed by atoms with Crippen LogP contribution in [-0.4, -0.2) is 37.0 Å². The van der Waals surface area contributed by atoms with Crippen molar-refractivity contribution in [3.05, 3.63) is 58.6 Å². The lowest BCUT2D eigenvalue weighted by molar-refractivity contribution is -0.134. The molecule has 2 aromatic carbocycles. The van der Waals surface area contributed by atoms with E-state index < -0.39 is 23.8 Å². The van der Waals surface area contributed by atoms with E-state index in [1.54, 1.807) is 48.5 Å². The van der Waals surface area contributed by atoms with E-state index in [2.05, 4.69) is 32.1 Å². The van der Waals surface area contributed by atoms with E-state index in [0.29, 0.717) is 17.1 Å². The molecule has 0 unspecified atom stereocenters. The molecule has 8 nitrogen and oxygen atoms in total. The van der Waals surface area contributed by atoms with Crippen LogP contribution in [-0.2, 0) is 9.59 Å². The molecule has 1 aliphatic heterocycles. The van der Waals surface area contributed by atoms with Crippen LogP contribution in [0.1, 0.15) is 10.4 Å². The maximum atomic E-state index is 12.1. The van der Waals surface area contributed by atoms with Gasteiger partial charge in [-0.15, -0.1) is 0 Å². The summed E-state index contributed by atoms with van der Waals surface area (Å²) in [6.45, 7) is -0.269. The van der Waals surface area contributed by atoms with E-state index >= 15 is 0 Å². The highest BCUT2D eigenvalue weighted by Gasteiger charge is 2.27. The average Bonchev–Trinajstić information content (AvgIpc) is 2.69. The molecule has 3 N–H and O–H groups in total. The number of ether oxygens (including phenoxy) is 2. The van der Waals surface area contributed by atoms with Crippen LogP contribution in [0.3, 0.4) is 0 Å². The molecule has 3 amide bonds. The smallest absolute Gasteiger partial charge is 0.283 e. The average molecular weight is 434 g/mol. The molecule has 0 aliphatic carbocycles. The molecule has 1 aliphatic rings. The molecule has 3 rings (SSSR count). The zero-order valence-electron chi connectivity index (χ0n) is 14.0. The summed E-state index contributed by atoms with van der Waals surface area (Å²) in [6, 6.07) is 13.7. The molecule has 2 aromatic rings. The Labute approximate surface area is 163 Å². The van der Waals surface area contributed by atoms with Gasteiger partial charge in [0.15, 0.2) is 11.5 Å². The molecule has 0 bridgehead atoms. The largest absolute Gasteiger partial charge is 0.485 e. The van der Waals surface area contributed by atoms with Crippen molar-refractivity contribution in [2.45, 2.75) is 6.10 Å². The molecule has 0 spiro atoms. The van der Waals surface area contributed by atoms with Crippen molar-refractivity contribution < 1.29 is 23.9 Å². The summed E-state index contributed by atoms with van der Waals surface area (Å²) < 4.78 is 11.7. The predicted octanol–water partition coefficient (Wildman–Crippen LogP) is 1.17. The topological polar surface area (TPSA) is 106 Å². The number of halogens is 1. The second-order valence-electron chi connectivity index (χ2n) is 5.59. The molecule has 0 radical (unpaired) electrons. The first-order valence-electron chi connectivity index (χ1n) is 8.04. The molecule has 0 aromatic heterocycles. The van der Waals surface area contributed by atoms with Crippen molar-refractivity contribution >= 4 is 33.7 Å². The lowest BCUT2D eigenvalue weighted by Gasteiger charge is -2.25. The standard InChI is InChI=1S/C18H16BrN3O5/c19-12-5-3-4-11(8-12)17(24)20-9-16(23)21-22-18(25)15-10-26-13-6-1-2-7-14(13)27-15/h1-8,15H,9-10H2,(H,20,24)(H,21,23)(H,22,25)/t15-/m1/s1. The summed E-state index contributed by atoms with van der Waals surface area (Å²) in [7, 11) is 0. The summed E-state index contributed by atoms with van der Waals surface area (Å²) in [5.74, 6) is -0.532. The maximum Gasteiger partial charge on any atom is 0.283 e. The number of rotatable bonds is 4. The van der Waals surface area contributed by atoms with Gasteiger partial charge in [0.05, 0.1) is 6.54 Å². The molecule has 140 valence electrons. The third-order valence-electron chi connectivity index (χ3n) is 3.62. The van der Waals surface area contributed by atoms with Crippen LogP contribution in [0.15, 0.2) is 53.0 Å². The van der Waals surface area contributed by atoms with Gasteiger partial charge in [-0.05, 0) is 30.3 Å². The fourth-order valence-electron chi connectivity index (χ4n) is 2.30. The van der Waals surface area contributed by atoms with Crippen LogP contribution < -0.4 is 25.6 Å². The summed E-state index contributed by atoms with van der Waals surface area (Å²) in [5, 5.41) is 2.46. The molecule has 0 saturated carbocycles. The Balaban J connectivity index is 1.43. The highest BCUT2D eigenvalue weighted by Crippen LogP contribution is 2.30. The summed E-state index contributed by atoms with van der Waals surface area (Å²) >= 11 is 3.27. The number of hydrogen-bond acceptors (Lipinski definition) is 5. The van der Waals surface area contributed by atoms with Crippen molar-refractivity contribution in [1.82, 2.24) is 16.2 Å². The molecular weight excluding hydrogens is 418 g/mol. The number of amides is 3. The van der Waals surface area contributed by atoms with E-state index in [0.717, 1.165) is 4.47 Å². The molecule has 9 heteroatoms. The van der Waals surface area contributed by atoms with Crippen LogP contribution in [0.4, 0.5) is 0 Å². The van der Waals surface area contributed by atoms with Crippen LogP contribution in [0.25, 0.3) is 0 Å². The van der Waals surface area contributed by atoms with Gasteiger partial charge in [-0.1, -0.05) is 34.1 Å². The number of hydrazine groups is 1. The first-order valence-corrected chi connectivity index (χ1v) is 8.83. The zero-order chi connectivity index (χ0) is 19.2. The van der Waals surface area contributed by atoms with Gasteiger partial charge >= 0.3 is 0 Å². The molecule has 1 heterocycles. The SMILES string of the molecule is O=C(CNC(=O)c1cccc(Br)c1)NNC(=O)[C@H]1COc2ccccc2O1. The first kappa shape index (κ1) is 18.7.